The Bertz CT molecular complexity index is 1080. The standard InChI is InChI=1S/C22H18BrN3OS/c23-17-10-11-19-20(14-17)28-22(25-19)26(15-18-8-4-5-13-24-18)21(27)12-9-16-6-2-1-3-7-16/h1-8,10-11,13-14H,9,12,15H2. The summed E-state index contributed by atoms with van der Waals surface area (Å²) in [5.74, 6) is 0.0487. The minimum absolute atomic E-state index is 0.0487. The highest BCUT2D eigenvalue weighted by molar-refractivity contribution is 9.10. The van der Waals surface area contributed by atoms with Gasteiger partial charge in [-0.1, -0.05) is 63.7 Å². The van der Waals surface area contributed by atoms with Crippen LogP contribution < -0.4 is 4.90 Å². The molecule has 0 spiro atoms. The fourth-order valence-electron chi connectivity index (χ4n) is 2.95. The Morgan fingerprint density at radius 3 is 2.64 bits per heavy atom. The lowest BCUT2D eigenvalue weighted by atomic mass is 10.1. The Balaban J connectivity index is 1.61. The summed E-state index contributed by atoms with van der Waals surface area (Å²) in [6.45, 7) is 0.412. The number of hydrogen-bond donors (Lipinski definition) is 0. The van der Waals surface area contributed by atoms with Crippen molar-refractivity contribution < 1.29 is 4.79 Å². The minimum Gasteiger partial charge on any atom is -0.282 e. The van der Waals surface area contributed by atoms with Crippen LogP contribution in [0.15, 0.2) is 77.4 Å². The molecule has 0 saturated heterocycles. The van der Waals surface area contributed by atoms with E-state index in [1.54, 1.807) is 11.1 Å². The number of fused-ring (bicyclic) bond motifs is 1. The van der Waals surface area contributed by atoms with E-state index in [9.17, 15) is 4.79 Å². The highest BCUT2D eigenvalue weighted by Crippen LogP contribution is 2.32. The molecule has 0 saturated carbocycles. The van der Waals surface area contributed by atoms with E-state index >= 15 is 0 Å². The van der Waals surface area contributed by atoms with Gasteiger partial charge in [0, 0.05) is 17.1 Å². The minimum atomic E-state index is 0.0487. The Hall–Kier alpha value is -2.57. The molecule has 140 valence electrons. The SMILES string of the molecule is O=C(CCc1ccccc1)N(Cc1ccccn1)c1nc2ccc(Br)cc2s1. The number of aromatic nitrogens is 2. The fraction of sp³-hybridized carbons (Fsp3) is 0.136. The molecule has 4 rings (SSSR count). The van der Waals surface area contributed by atoms with E-state index in [0.717, 1.165) is 25.9 Å². The first-order valence-electron chi connectivity index (χ1n) is 8.99. The second-order valence-electron chi connectivity index (χ2n) is 6.40. The van der Waals surface area contributed by atoms with E-state index < -0.39 is 0 Å². The number of pyridine rings is 1. The lowest BCUT2D eigenvalue weighted by Gasteiger charge is -2.19. The molecule has 4 aromatic rings. The molecule has 0 atom stereocenters. The molecule has 0 fully saturated rings. The van der Waals surface area contributed by atoms with Crippen molar-refractivity contribution in [3.8, 4) is 0 Å². The number of carbonyl (C=O) groups is 1. The van der Waals surface area contributed by atoms with Crippen molar-refractivity contribution in [3.63, 3.8) is 0 Å². The number of rotatable bonds is 6. The van der Waals surface area contributed by atoms with Crippen LogP contribution in [0.2, 0.25) is 0 Å². The molecule has 0 N–H and O–H groups in total. The van der Waals surface area contributed by atoms with Gasteiger partial charge in [0.15, 0.2) is 5.13 Å². The van der Waals surface area contributed by atoms with Crippen LogP contribution in [0.5, 0.6) is 0 Å². The second kappa shape index (κ2) is 8.63. The van der Waals surface area contributed by atoms with Crippen LogP contribution in [0.25, 0.3) is 10.2 Å². The van der Waals surface area contributed by atoms with Crippen LogP contribution in [0.1, 0.15) is 17.7 Å². The first-order valence-corrected chi connectivity index (χ1v) is 10.6. The molecule has 0 unspecified atom stereocenters. The van der Waals surface area contributed by atoms with Crippen LogP contribution in [0.4, 0.5) is 5.13 Å². The van der Waals surface area contributed by atoms with Gasteiger partial charge in [-0.25, -0.2) is 4.98 Å². The molecule has 2 heterocycles. The average molecular weight is 452 g/mol. The number of hydrogen-bond acceptors (Lipinski definition) is 4. The number of benzene rings is 2. The van der Waals surface area contributed by atoms with Crippen molar-refractivity contribution in [2.75, 3.05) is 4.90 Å². The molecule has 28 heavy (non-hydrogen) atoms. The Labute approximate surface area is 176 Å². The van der Waals surface area contributed by atoms with Crippen molar-refractivity contribution in [1.29, 1.82) is 0 Å². The summed E-state index contributed by atoms with van der Waals surface area (Å²) in [6, 6.07) is 21.8. The number of aryl methyl sites for hydroxylation is 1. The maximum absolute atomic E-state index is 13.1. The summed E-state index contributed by atoms with van der Waals surface area (Å²) in [5.41, 5.74) is 2.89. The number of halogens is 1. The van der Waals surface area contributed by atoms with E-state index in [1.165, 1.54) is 11.3 Å². The summed E-state index contributed by atoms with van der Waals surface area (Å²) in [4.78, 5) is 24.0. The van der Waals surface area contributed by atoms with Gasteiger partial charge in [-0.3, -0.25) is 14.7 Å². The fourth-order valence-corrected chi connectivity index (χ4v) is 4.48. The molecule has 0 radical (unpaired) electrons. The smallest absolute Gasteiger partial charge is 0.229 e. The van der Waals surface area contributed by atoms with Crippen LogP contribution in [-0.4, -0.2) is 15.9 Å². The van der Waals surface area contributed by atoms with Gasteiger partial charge in [0.25, 0.3) is 0 Å². The largest absolute Gasteiger partial charge is 0.282 e. The third kappa shape index (κ3) is 4.46. The van der Waals surface area contributed by atoms with Crippen LogP contribution in [0, 0.1) is 0 Å². The summed E-state index contributed by atoms with van der Waals surface area (Å²) < 4.78 is 2.05. The molecule has 1 amide bonds. The lowest BCUT2D eigenvalue weighted by Crippen LogP contribution is -2.30. The number of amides is 1. The third-order valence-corrected chi connectivity index (χ3v) is 5.92. The maximum Gasteiger partial charge on any atom is 0.229 e. The van der Waals surface area contributed by atoms with Gasteiger partial charge in [0.2, 0.25) is 5.91 Å². The Morgan fingerprint density at radius 1 is 1.04 bits per heavy atom. The predicted octanol–water partition coefficient (Wildman–Crippen LogP) is 5.62. The van der Waals surface area contributed by atoms with Crippen molar-refractivity contribution >= 4 is 48.5 Å². The Morgan fingerprint density at radius 2 is 1.86 bits per heavy atom. The van der Waals surface area contributed by atoms with Crippen molar-refractivity contribution in [2.45, 2.75) is 19.4 Å². The number of carbonyl (C=O) groups excluding carboxylic acids is 1. The molecular weight excluding hydrogens is 434 g/mol. The monoisotopic (exact) mass is 451 g/mol. The zero-order chi connectivity index (χ0) is 19.3. The van der Waals surface area contributed by atoms with E-state index in [4.69, 9.17) is 4.98 Å². The van der Waals surface area contributed by atoms with Crippen LogP contribution in [0.3, 0.4) is 0 Å². The first-order chi connectivity index (χ1) is 13.7. The van der Waals surface area contributed by atoms with Crippen LogP contribution >= 0.6 is 27.3 Å². The van der Waals surface area contributed by atoms with Gasteiger partial charge in [-0.15, -0.1) is 0 Å². The van der Waals surface area contributed by atoms with Gasteiger partial charge >= 0.3 is 0 Å². The summed E-state index contributed by atoms with van der Waals surface area (Å²) >= 11 is 5.03. The third-order valence-electron chi connectivity index (χ3n) is 4.39. The normalized spacial score (nSPS) is 10.9. The molecule has 0 aliphatic carbocycles. The highest BCUT2D eigenvalue weighted by atomic mass is 79.9. The van der Waals surface area contributed by atoms with E-state index in [2.05, 4.69) is 20.9 Å². The van der Waals surface area contributed by atoms with Gasteiger partial charge in [0.05, 0.1) is 22.5 Å². The van der Waals surface area contributed by atoms with Crippen molar-refractivity contribution in [2.24, 2.45) is 0 Å². The molecular formula is C22H18BrN3OS. The van der Waals surface area contributed by atoms with Gasteiger partial charge in [0.1, 0.15) is 0 Å². The highest BCUT2D eigenvalue weighted by Gasteiger charge is 2.20. The van der Waals surface area contributed by atoms with E-state index in [1.807, 2.05) is 66.7 Å². The molecule has 2 aromatic carbocycles. The average Bonchev–Trinajstić information content (AvgIpc) is 3.14. The maximum atomic E-state index is 13.1. The zero-order valence-corrected chi connectivity index (χ0v) is 17.5. The first kappa shape index (κ1) is 18.8. The molecule has 0 aliphatic heterocycles. The number of thiazole rings is 1. The van der Waals surface area contributed by atoms with E-state index in [0.29, 0.717) is 24.5 Å². The second-order valence-corrected chi connectivity index (χ2v) is 8.32. The Kier molecular flexibility index (Phi) is 5.78. The molecule has 0 aliphatic rings. The zero-order valence-electron chi connectivity index (χ0n) is 15.1. The molecule has 0 bridgehead atoms. The molecule has 6 heteroatoms. The summed E-state index contributed by atoms with van der Waals surface area (Å²) in [5, 5.41) is 0.705. The summed E-state index contributed by atoms with van der Waals surface area (Å²) in [6.07, 6.45) is 2.88. The topological polar surface area (TPSA) is 46.1 Å². The van der Waals surface area contributed by atoms with Crippen molar-refractivity contribution in [3.05, 3.63) is 88.7 Å². The van der Waals surface area contributed by atoms with Crippen LogP contribution in [-0.2, 0) is 17.8 Å². The van der Waals surface area contributed by atoms with Gasteiger partial charge < -0.3 is 0 Å². The van der Waals surface area contributed by atoms with Gasteiger partial charge in [-0.05, 0) is 42.3 Å². The number of nitrogens with zero attached hydrogens (tertiary/aromatic N) is 3. The molecule has 4 nitrogen and oxygen atoms in total. The van der Waals surface area contributed by atoms with E-state index in [-0.39, 0.29) is 5.91 Å². The lowest BCUT2D eigenvalue weighted by molar-refractivity contribution is -0.118. The predicted molar refractivity (Wildman–Crippen MR) is 118 cm³/mol. The van der Waals surface area contributed by atoms with Gasteiger partial charge in [-0.2, -0.15) is 0 Å². The molecule has 2 aromatic heterocycles. The summed E-state index contributed by atoms with van der Waals surface area (Å²) in [7, 11) is 0. The number of anilines is 1. The quantitative estimate of drug-likeness (QED) is 0.382. The van der Waals surface area contributed by atoms with Crippen molar-refractivity contribution in [1.82, 2.24) is 9.97 Å².